The van der Waals surface area contributed by atoms with Crippen molar-refractivity contribution in [3.05, 3.63) is 0 Å². The van der Waals surface area contributed by atoms with Gasteiger partial charge in [-0.05, 0) is 12.8 Å². The molecule has 1 N–H and O–H groups in total. The normalized spacial score (nSPS) is 31.3. The van der Waals surface area contributed by atoms with Gasteiger partial charge in [-0.15, -0.1) is 0 Å². The van der Waals surface area contributed by atoms with Crippen molar-refractivity contribution >= 4 is 5.91 Å². The first-order chi connectivity index (χ1) is 6.27. The molecule has 1 amide bonds. The number of β-amino-alcohol motifs (C(OH)–C–C–N with tert-alkyl or cyclic N) is 1. The molecule has 0 bridgehead atoms. The van der Waals surface area contributed by atoms with Gasteiger partial charge in [-0.25, -0.2) is 0 Å². The summed E-state index contributed by atoms with van der Waals surface area (Å²) in [4.78, 5) is 13.2. The minimum Gasteiger partial charge on any atom is -0.391 e. The summed E-state index contributed by atoms with van der Waals surface area (Å²) in [7, 11) is 0. The highest BCUT2D eigenvalue weighted by Gasteiger charge is 2.33. The van der Waals surface area contributed by atoms with Gasteiger partial charge >= 0.3 is 0 Å². The predicted octanol–water partition coefficient (Wildman–Crippen LogP) is -0.241. The first-order valence-corrected chi connectivity index (χ1v) is 4.82. The van der Waals surface area contributed by atoms with Gasteiger partial charge < -0.3 is 14.7 Å². The second-order valence-corrected chi connectivity index (χ2v) is 3.75. The van der Waals surface area contributed by atoms with Crippen molar-refractivity contribution in [2.45, 2.75) is 31.4 Å². The summed E-state index contributed by atoms with van der Waals surface area (Å²) in [6, 6.07) is 0.304. The molecule has 2 heterocycles. The average Bonchev–Trinajstić information content (AvgIpc) is 2.47. The first kappa shape index (κ1) is 8.97. The lowest BCUT2D eigenvalue weighted by Gasteiger charge is -2.30. The smallest absolute Gasteiger partial charge is 0.225 e. The van der Waals surface area contributed by atoms with Crippen molar-refractivity contribution in [2.75, 3.05) is 19.8 Å². The maximum atomic E-state index is 11.4. The van der Waals surface area contributed by atoms with Crippen molar-refractivity contribution in [2.24, 2.45) is 0 Å². The van der Waals surface area contributed by atoms with Crippen LogP contribution in [0.25, 0.3) is 0 Å². The highest BCUT2D eigenvalue weighted by molar-refractivity contribution is 5.79. The fraction of sp³-hybridized carbons (Fsp3) is 0.889. The molecule has 0 radical (unpaired) electrons. The molecule has 0 aromatic carbocycles. The standard InChI is InChI=1S/C9H15NO3/c11-8-5-9(12)10(6-8)7-1-3-13-4-2-7/h7-8,11H,1-6H2. The summed E-state index contributed by atoms with van der Waals surface area (Å²) in [6.07, 6.45) is 1.68. The Hall–Kier alpha value is -0.610. The van der Waals surface area contributed by atoms with Crippen LogP contribution in [0.4, 0.5) is 0 Å². The topological polar surface area (TPSA) is 49.8 Å². The van der Waals surface area contributed by atoms with Crippen LogP contribution >= 0.6 is 0 Å². The van der Waals surface area contributed by atoms with Gasteiger partial charge in [0, 0.05) is 25.8 Å². The molecule has 2 fully saturated rings. The van der Waals surface area contributed by atoms with Gasteiger partial charge in [0.15, 0.2) is 0 Å². The molecule has 0 aliphatic carbocycles. The van der Waals surface area contributed by atoms with Gasteiger partial charge in [0.25, 0.3) is 0 Å². The van der Waals surface area contributed by atoms with E-state index in [1.165, 1.54) is 0 Å². The third-order valence-electron chi connectivity index (χ3n) is 2.77. The van der Waals surface area contributed by atoms with Crippen LogP contribution in [-0.2, 0) is 9.53 Å². The Kier molecular flexibility index (Phi) is 2.51. The zero-order valence-corrected chi connectivity index (χ0v) is 7.61. The molecule has 13 heavy (non-hydrogen) atoms. The van der Waals surface area contributed by atoms with Gasteiger partial charge in [0.05, 0.1) is 12.5 Å². The number of carbonyl (C=O) groups is 1. The second-order valence-electron chi connectivity index (χ2n) is 3.75. The molecule has 2 saturated heterocycles. The van der Waals surface area contributed by atoms with Gasteiger partial charge in [0.2, 0.25) is 5.91 Å². The molecule has 0 spiro atoms. The molecule has 0 aromatic heterocycles. The molecule has 0 saturated carbocycles. The van der Waals surface area contributed by atoms with E-state index >= 15 is 0 Å². The average molecular weight is 185 g/mol. The van der Waals surface area contributed by atoms with Gasteiger partial charge in [-0.1, -0.05) is 0 Å². The maximum absolute atomic E-state index is 11.4. The molecule has 1 unspecified atom stereocenters. The Morgan fingerprint density at radius 3 is 2.62 bits per heavy atom. The summed E-state index contributed by atoms with van der Waals surface area (Å²) < 4.78 is 5.22. The molecular formula is C9H15NO3. The Morgan fingerprint density at radius 2 is 2.08 bits per heavy atom. The van der Waals surface area contributed by atoms with E-state index in [-0.39, 0.29) is 5.91 Å². The summed E-state index contributed by atoms with van der Waals surface area (Å²) in [5, 5.41) is 9.31. The molecule has 0 aromatic rings. The van der Waals surface area contributed by atoms with E-state index in [4.69, 9.17) is 4.74 Å². The Balaban J connectivity index is 1.95. The molecule has 2 aliphatic rings. The number of amides is 1. The van der Waals surface area contributed by atoms with Crippen LogP contribution in [0.2, 0.25) is 0 Å². The fourth-order valence-electron chi connectivity index (χ4n) is 2.06. The SMILES string of the molecule is O=C1CC(O)CN1C1CCOCC1. The fourth-order valence-corrected chi connectivity index (χ4v) is 2.06. The van der Waals surface area contributed by atoms with Crippen LogP contribution in [-0.4, -0.2) is 47.8 Å². The third kappa shape index (κ3) is 1.84. The van der Waals surface area contributed by atoms with Crippen LogP contribution in [0.1, 0.15) is 19.3 Å². The minimum atomic E-state index is -0.449. The molecule has 2 rings (SSSR count). The van der Waals surface area contributed by atoms with Crippen molar-refractivity contribution < 1.29 is 14.6 Å². The molecule has 4 heteroatoms. The van der Waals surface area contributed by atoms with E-state index in [0.717, 1.165) is 26.1 Å². The highest BCUT2D eigenvalue weighted by atomic mass is 16.5. The number of carbonyl (C=O) groups excluding carboxylic acids is 1. The van der Waals surface area contributed by atoms with Gasteiger partial charge in [-0.3, -0.25) is 4.79 Å². The number of nitrogens with zero attached hydrogens (tertiary/aromatic N) is 1. The highest BCUT2D eigenvalue weighted by Crippen LogP contribution is 2.20. The predicted molar refractivity (Wildman–Crippen MR) is 46.2 cm³/mol. The lowest BCUT2D eigenvalue weighted by Crippen LogP contribution is -2.40. The molecule has 1 atom stereocenters. The van der Waals surface area contributed by atoms with E-state index in [2.05, 4.69) is 0 Å². The maximum Gasteiger partial charge on any atom is 0.225 e. The van der Waals surface area contributed by atoms with Crippen LogP contribution < -0.4 is 0 Å². The van der Waals surface area contributed by atoms with E-state index < -0.39 is 6.10 Å². The van der Waals surface area contributed by atoms with Gasteiger partial charge in [0.1, 0.15) is 0 Å². The zero-order valence-electron chi connectivity index (χ0n) is 7.61. The summed E-state index contributed by atoms with van der Waals surface area (Å²) >= 11 is 0. The Morgan fingerprint density at radius 1 is 1.38 bits per heavy atom. The second kappa shape index (κ2) is 3.64. The van der Waals surface area contributed by atoms with Crippen molar-refractivity contribution in [1.82, 2.24) is 4.90 Å². The number of aliphatic hydroxyl groups excluding tert-OH is 1. The number of likely N-dealkylation sites (tertiary alicyclic amines) is 1. The monoisotopic (exact) mass is 185 g/mol. The molecular weight excluding hydrogens is 170 g/mol. The van der Waals surface area contributed by atoms with Crippen LogP contribution in [0, 0.1) is 0 Å². The van der Waals surface area contributed by atoms with E-state index in [0.29, 0.717) is 19.0 Å². The van der Waals surface area contributed by atoms with E-state index in [9.17, 15) is 9.90 Å². The first-order valence-electron chi connectivity index (χ1n) is 4.82. The molecule has 74 valence electrons. The number of aliphatic hydroxyl groups is 1. The Labute approximate surface area is 77.5 Å². The lowest BCUT2D eigenvalue weighted by molar-refractivity contribution is -0.131. The summed E-state index contributed by atoms with van der Waals surface area (Å²) in [5.74, 6) is 0.0967. The lowest BCUT2D eigenvalue weighted by atomic mass is 10.1. The molecule has 2 aliphatic heterocycles. The van der Waals surface area contributed by atoms with Crippen molar-refractivity contribution in [1.29, 1.82) is 0 Å². The van der Waals surface area contributed by atoms with Crippen LogP contribution in [0.15, 0.2) is 0 Å². The van der Waals surface area contributed by atoms with E-state index in [1.54, 1.807) is 0 Å². The summed E-state index contributed by atoms with van der Waals surface area (Å²) in [5.41, 5.74) is 0. The quantitative estimate of drug-likeness (QED) is 0.613. The largest absolute Gasteiger partial charge is 0.391 e. The van der Waals surface area contributed by atoms with Gasteiger partial charge in [-0.2, -0.15) is 0 Å². The third-order valence-corrected chi connectivity index (χ3v) is 2.77. The van der Waals surface area contributed by atoms with Crippen LogP contribution in [0.3, 0.4) is 0 Å². The summed E-state index contributed by atoms with van der Waals surface area (Å²) in [6.45, 7) is 2.00. The zero-order chi connectivity index (χ0) is 9.26. The van der Waals surface area contributed by atoms with Crippen molar-refractivity contribution in [3.63, 3.8) is 0 Å². The van der Waals surface area contributed by atoms with Crippen LogP contribution in [0.5, 0.6) is 0 Å². The van der Waals surface area contributed by atoms with E-state index in [1.807, 2.05) is 4.90 Å². The van der Waals surface area contributed by atoms with Crippen molar-refractivity contribution in [3.8, 4) is 0 Å². The minimum absolute atomic E-state index is 0.0967. The number of hydrogen-bond acceptors (Lipinski definition) is 3. The number of ether oxygens (including phenoxy) is 1. The molecule has 4 nitrogen and oxygen atoms in total. The number of rotatable bonds is 1. The number of hydrogen-bond donors (Lipinski definition) is 1. The Bertz CT molecular complexity index is 201.